The Morgan fingerprint density at radius 2 is 1.56 bits per heavy atom. The molecule has 4 nitrogen and oxygen atoms in total. The van der Waals surface area contributed by atoms with E-state index >= 15 is 0 Å². The van der Waals surface area contributed by atoms with Crippen molar-refractivity contribution in [2.24, 2.45) is 0 Å². The van der Waals surface area contributed by atoms with Crippen LogP contribution < -0.4 is 10.0 Å². The number of sulfonamides is 1. The third-order valence-electron chi connectivity index (χ3n) is 2.56. The monoisotopic (exact) mass is 515 g/mol. The molecule has 1 aromatic rings. The Morgan fingerprint density at radius 1 is 1.04 bits per heavy atom. The summed E-state index contributed by atoms with van der Waals surface area (Å²) in [6.45, 7) is 9.55. The Bertz CT molecular complexity index is 510. The zero-order valence-corrected chi connectivity index (χ0v) is 19.3. The SMILES string of the molecule is C.C.C.CC(C)NCCNS(C)(=O)=O.CC(C)c1cccc(Br)c1.[Y]. The predicted molar refractivity (Wildman–Crippen MR) is 114 cm³/mol. The first-order chi connectivity index (χ1) is 9.61. The van der Waals surface area contributed by atoms with Crippen LogP contribution in [0.4, 0.5) is 0 Å². The Hall–Kier alpha value is 0.674. The van der Waals surface area contributed by atoms with Crippen molar-refractivity contribution in [2.75, 3.05) is 19.3 Å². The van der Waals surface area contributed by atoms with Gasteiger partial charge in [-0.25, -0.2) is 13.1 Å². The number of hydrogen-bond acceptors (Lipinski definition) is 3. The van der Waals surface area contributed by atoms with Crippen LogP contribution in [0.25, 0.3) is 0 Å². The predicted octanol–water partition coefficient (Wildman–Crippen LogP) is 5.01. The smallest absolute Gasteiger partial charge is 0.208 e. The molecule has 2 N–H and O–H groups in total. The molecule has 25 heavy (non-hydrogen) atoms. The summed E-state index contributed by atoms with van der Waals surface area (Å²) in [5.41, 5.74) is 1.38. The molecule has 1 radical (unpaired) electrons. The van der Waals surface area contributed by atoms with E-state index in [1.54, 1.807) is 0 Å². The van der Waals surface area contributed by atoms with Gasteiger partial charge in [0.2, 0.25) is 10.0 Å². The van der Waals surface area contributed by atoms with Crippen LogP contribution >= 0.6 is 15.9 Å². The van der Waals surface area contributed by atoms with Gasteiger partial charge in [-0.05, 0) is 23.6 Å². The zero-order chi connectivity index (χ0) is 16.5. The minimum atomic E-state index is -3.01. The minimum absolute atomic E-state index is 0. The number of halogens is 1. The van der Waals surface area contributed by atoms with E-state index in [4.69, 9.17) is 0 Å². The Balaban J connectivity index is -0.0000000921. The molecule has 0 aliphatic heterocycles. The maximum atomic E-state index is 10.5. The van der Waals surface area contributed by atoms with Crippen molar-refractivity contribution in [3.63, 3.8) is 0 Å². The van der Waals surface area contributed by atoms with Crippen molar-refractivity contribution in [1.29, 1.82) is 0 Å². The third-order valence-corrected chi connectivity index (χ3v) is 3.78. The quantitative estimate of drug-likeness (QED) is 0.523. The van der Waals surface area contributed by atoms with Gasteiger partial charge in [-0.3, -0.25) is 0 Å². The van der Waals surface area contributed by atoms with Crippen molar-refractivity contribution in [2.45, 2.75) is 61.9 Å². The summed E-state index contributed by atoms with van der Waals surface area (Å²) in [6, 6.07) is 8.82. The third kappa shape index (κ3) is 24.7. The van der Waals surface area contributed by atoms with Crippen molar-refractivity contribution in [3.05, 3.63) is 34.3 Å². The molecule has 0 saturated heterocycles. The molecule has 1 aromatic carbocycles. The Morgan fingerprint density at radius 3 is 1.88 bits per heavy atom. The van der Waals surface area contributed by atoms with E-state index in [1.165, 1.54) is 10.0 Å². The van der Waals surface area contributed by atoms with Crippen molar-refractivity contribution in [3.8, 4) is 0 Å². The second kappa shape index (κ2) is 19.4. The summed E-state index contributed by atoms with van der Waals surface area (Å²) < 4.78 is 24.6. The van der Waals surface area contributed by atoms with E-state index in [-0.39, 0.29) is 55.0 Å². The molecule has 0 heterocycles. The number of rotatable bonds is 6. The molecule has 0 bridgehead atoms. The maximum absolute atomic E-state index is 10.5. The van der Waals surface area contributed by atoms with Gasteiger partial charge in [0.25, 0.3) is 0 Å². The fraction of sp³-hybridized carbons (Fsp3) is 0.667. The van der Waals surface area contributed by atoms with E-state index in [9.17, 15) is 8.42 Å². The van der Waals surface area contributed by atoms with E-state index in [2.05, 4.69) is 58.0 Å². The molecule has 7 heteroatoms. The van der Waals surface area contributed by atoms with Crippen molar-refractivity contribution in [1.82, 2.24) is 10.0 Å². The maximum Gasteiger partial charge on any atom is 0.208 e. The minimum Gasteiger partial charge on any atom is -0.313 e. The summed E-state index contributed by atoms with van der Waals surface area (Å²) in [7, 11) is -3.01. The standard InChI is InChI=1S/C9H11Br.C6H16N2O2S.3CH4.Y/c1-7(2)8-4-3-5-9(10)6-8;1-6(2)7-4-5-8-11(3,9)10;;;;/h3-7H,1-2H3;6-8H,4-5H2,1-3H3;3*1H4;. The molecule has 0 aliphatic carbocycles. The Kier molecular flexibility index (Phi) is 28.4. The van der Waals surface area contributed by atoms with Crippen LogP contribution in [-0.4, -0.2) is 33.8 Å². The summed E-state index contributed by atoms with van der Waals surface area (Å²) >= 11 is 3.43. The van der Waals surface area contributed by atoms with E-state index in [0.29, 0.717) is 25.0 Å². The average molecular weight is 516 g/mol. The van der Waals surface area contributed by atoms with E-state index < -0.39 is 10.0 Å². The molecule has 0 unspecified atom stereocenters. The molecule has 0 spiro atoms. The molecule has 0 atom stereocenters. The fourth-order valence-corrected chi connectivity index (χ4v) is 2.35. The number of nitrogens with one attached hydrogen (secondary N) is 2. The zero-order valence-electron chi connectivity index (χ0n) is 14.1. The van der Waals surface area contributed by atoms with Gasteiger partial charge in [0.15, 0.2) is 0 Å². The fourth-order valence-electron chi connectivity index (χ4n) is 1.46. The van der Waals surface area contributed by atoms with Crippen LogP contribution in [0, 0.1) is 0 Å². The van der Waals surface area contributed by atoms with Crippen LogP contribution in [0.2, 0.25) is 0 Å². The van der Waals surface area contributed by atoms with Crippen molar-refractivity contribution >= 4 is 26.0 Å². The Labute approximate surface area is 191 Å². The number of benzene rings is 1. The van der Waals surface area contributed by atoms with Gasteiger partial charge >= 0.3 is 0 Å². The van der Waals surface area contributed by atoms with Gasteiger partial charge < -0.3 is 5.32 Å². The number of hydrogen-bond donors (Lipinski definition) is 2. The van der Waals surface area contributed by atoms with Gasteiger partial charge in [0, 0.05) is 56.3 Å². The molecule has 149 valence electrons. The summed E-state index contributed by atoms with van der Waals surface area (Å²) in [6.07, 6.45) is 1.16. The first kappa shape index (κ1) is 36.6. The molecule has 0 fully saturated rings. The van der Waals surface area contributed by atoms with E-state index in [0.717, 1.165) is 6.26 Å². The molecular formula is C18H39BrN2O2SY. The molecule has 0 amide bonds. The van der Waals surface area contributed by atoms with Gasteiger partial charge in [-0.2, -0.15) is 0 Å². The molecule has 1 rings (SSSR count). The van der Waals surface area contributed by atoms with Gasteiger partial charge in [0.05, 0.1) is 6.26 Å². The average Bonchev–Trinajstić information content (AvgIpc) is 2.34. The first-order valence-corrected chi connectivity index (χ1v) is 9.73. The van der Waals surface area contributed by atoms with Gasteiger partial charge in [-0.15, -0.1) is 0 Å². The molecule has 0 saturated carbocycles. The van der Waals surface area contributed by atoms with E-state index in [1.807, 2.05) is 19.9 Å². The topological polar surface area (TPSA) is 58.2 Å². The second-order valence-electron chi connectivity index (χ2n) is 5.49. The summed E-state index contributed by atoms with van der Waals surface area (Å²) in [5, 5.41) is 3.09. The molecule has 0 aromatic heterocycles. The van der Waals surface area contributed by atoms with Crippen LogP contribution in [0.5, 0.6) is 0 Å². The normalized spacial score (nSPS) is 9.60. The van der Waals surface area contributed by atoms with Crippen LogP contribution in [-0.2, 0) is 42.7 Å². The second-order valence-corrected chi connectivity index (χ2v) is 8.23. The molecular weight excluding hydrogens is 477 g/mol. The van der Waals surface area contributed by atoms with Gasteiger partial charge in [-0.1, -0.05) is 78.0 Å². The summed E-state index contributed by atoms with van der Waals surface area (Å²) in [4.78, 5) is 0. The van der Waals surface area contributed by atoms with Crippen LogP contribution in [0.1, 0.15) is 61.5 Å². The molecule has 0 aliphatic rings. The largest absolute Gasteiger partial charge is 0.313 e. The van der Waals surface area contributed by atoms with Crippen LogP contribution in [0.3, 0.4) is 0 Å². The van der Waals surface area contributed by atoms with Crippen LogP contribution in [0.15, 0.2) is 28.7 Å². The van der Waals surface area contributed by atoms with Gasteiger partial charge in [0.1, 0.15) is 0 Å². The first-order valence-electron chi connectivity index (χ1n) is 7.05. The summed E-state index contributed by atoms with van der Waals surface area (Å²) in [5.74, 6) is 0.623. The van der Waals surface area contributed by atoms with Crippen molar-refractivity contribution < 1.29 is 41.1 Å².